The van der Waals surface area contributed by atoms with Gasteiger partial charge in [-0.2, -0.15) is 0 Å². The molecule has 0 saturated heterocycles. The zero-order valence-corrected chi connectivity index (χ0v) is 12.3. The zero-order valence-electron chi connectivity index (χ0n) is 12.3. The van der Waals surface area contributed by atoms with Crippen molar-refractivity contribution in [3.8, 4) is 0 Å². The van der Waals surface area contributed by atoms with Gasteiger partial charge in [-0.05, 0) is 45.8 Å². The van der Waals surface area contributed by atoms with E-state index < -0.39 is 0 Å². The molecule has 0 unspecified atom stereocenters. The van der Waals surface area contributed by atoms with Crippen LogP contribution in [0.3, 0.4) is 0 Å². The molecule has 2 heteroatoms. The fourth-order valence-corrected chi connectivity index (χ4v) is 3.24. The summed E-state index contributed by atoms with van der Waals surface area (Å²) in [4.78, 5) is 4.59. The van der Waals surface area contributed by atoms with E-state index in [0.717, 1.165) is 18.5 Å². The molecule has 1 aromatic heterocycles. The maximum absolute atomic E-state index is 9.03. The molecule has 3 aromatic carbocycles. The van der Waals surface area contributed by atoms with Gasteiger partial charge in [-0.3, -0.25) is 4.98 Å². The maximum Gasteiger partial charge on any atom is 0.0434 e. The second-order valence-electron chi connectivity index (χ2n) is 5.64. The lowest BCUT2D eigenvalue weighted by Gasteiger charge is -2.11. The van der Waals surface area contributed by atoms with E-state index >= 15 is 0 Å². The third kappa shape index (κ3) is 2.04. The Morgan fingerprint density at radius 2 is 1.27 bits per heavy atom. The molecule has 1 heterocycles. The Kier molecular flexibility index (Phi) is 3.24. The van der Waals surface area contributed by atoms with Gasteiger partial charge < -0.3 is 5.11 Å². The Bertz CT molecular complexity index is 940. The van der Waals surface area contributed by atoms with Gasteiger partial charge in [0, 0.05) is 23.9 Å². The molecule has 0 fully saturated rings. The quantitative estimate of drug-likeness (QED) is 0.564. The van der Waals surface area contributed by atoms with E-state index in [0.29, 0.717) is 0 Å². The number of rotatable bonds is 3. The standard InChI is InChI=1S/C20H17NO/c22-11-5-6-14-12-19-17-9-3-1-7-15(17)16-8-2-4-10-18(16)20(19)13-21-14/h1-4,7-10,12-13,22H,5-6,11H2. The van der Waals surface area contributed by atoms with E-state index in [1.54, 1.807) is 0 Å². The molecular weight excluding hydrogens is 270 g/mol. The number of aliphatic hydroxyl groups excluding tert-OH is 1. The van der Waals surface area contributed by atoms with E-state index in [1.165, 1.54) is 32.3 Å². The first-order valence-electron chi connectivity index (χ1n) is 7.67. The van der Waals surface area contributed by atoms with Crippen molar-refractivity contribution in [3.63, 3.8) is 0 Å². The summed E-state index contributed by atoms with van der Waals surface area (Å²) < 4.78 is 0. The van der Waals surface area contributed by atoms with Gasteiger partial charge in [-0.25, -0.2) is 0 Å². The lowest BCUT2D eigenvalue weighted by molar-refractivity contribution is 0.288. The molecule has 2 nitrogen and oxygen atoms in total. The van der Waals surface area contributed by atoms with Crippen LogP contribution in [0, 0.1) is 0 Å². The summed E-state index contributed by atoms with van der Waals surface area (Å²) >= 11 is 0. The summed E-state index contributed by atoms with van der Waals surface area (Å²) in [5.74, 6) is 0. The van der Waals surface area contributed by atoms with Gasteiger partial charge in [0.05, 0.1) is 0 Å². The number of hydrogen-bond donors (Lipinski definition) is 1. The van der Waals surface area contributed by atoms with Crippen molar-refractivity contribution in [1.29, 1.82) is 0 Å². The van der Waals surface area contributed by atoms with Gasteiger partial charge in [0.1, 0.15) is 0 Å². The summed E-state index contributed by atoms with van der Waals surface area (Å²) in [6.45, 7) is 0.207. The van der Waals surface area contributed by atoms with Crippen LogP contribution >= 0.6 is 0 Å². The predicted octanol–water partition coefficient (Wildman–Crippen LogP) is 4.47. The third-order valence-corrected chi connectivity index (χ3v) is 4.28. The van der Waals surface area contributed by atoms with Crippen molar-refractivity contribution in [2.24, 2.45) is 0 Å². The van der Waals surface area contributed by atoms with Crippen molar-refractivity contribution in [1.82, 2.24) is 4.98 Å². The molecule has 0 amide bonds. The summed E-state index contributed by atoms with van der Waals surface area (Å²) in [5.41, 5.74) is 1.04. The van der Waals surface area contributed by atoms with Crippen LogP contribution in [-0.4, -0.2) is 16.7 Å². The minimum Gasteiger partial charge on any atom is -0.396 e. The highest BCUT2D eigenvalue weighted by atomic mass is 16.2. The number of hydrogen-bond acceptors (Lipinski definition) is 2. The van der Waals surface area contributed by atoms with Crippen LogP contribution in [0.1, 0.15) is 12.1 Å². The highest BCUT2D eigenvalue weighted by molar-refractivity contribution is 6.25. The molecule has 0 radical (unpaired) electrons. The van der Waals surface area contributed by atoms with Gasteiger partial charge in [-0.1, -0.05) is 48.5 Å². The maximum atomic E-state index is 9.03. The molecule has 0 aliphatic heterocycles. The molecule has 1 N–H and O–H groups in total. The van der Waals surface area contributed by atoms with Crippen LogP contribution in [0.25, 0.3) is 32.3 Å². The first-order valence-corrected chi connectivity index (χ1v) is 7.67. The predicted molar refractivity (Wildman–Crippen MR) is 92.2 cm³/mol. The van der Waals surface area contributed by atoms with Crippen molar-refractivity contribution >= 4 is 32.3 Å². The van der Waals surface area contributed by atoms with E-state index in [-0.39, 0.29) is 6.61 Å². The van der Waals surface area contributed by atoms with Gasteiger partial charge >= 0.3 is 0 Å². The van der Waals surface area contributed by atoms with Crippen molar-refractivity contribution in [2.75, 3.05) is 6.61 Å². The normalized spacial score (nSPS) is 11.5. The fourth-order valence-electron chi connectivity index (χ4n) is 3.24. The van der Waals surface area contributed by atoms with Crippen LogP contribution in [-0.2, 0) is 6.42 Å². The number of aromatic nitrogens is 1. The molecule has 4 aromatic rings. The van der Waals surface area contributed by atoms with Crippen LogP contribution < -0.4 is 0 Å². The van der Waals surface area contributed by atoms with E-state index in [4.69, 9.17) is 5.11 Å². The largest absolute Gasteiger partial charge is 0.396 e. The minimum absolute atomic E-state index is 0.207. The molecule has 108 valence electrons. The highest BCUT2D eigenvalue weighted by Gasteiger charge is 2.09. The summed E-state index contributed by atoms with van der Waals surface area (Å²) in [7, 11) is 0. The molecule has 22 heavy (non-hydrogen) atoms. The molecule has 0 aliphatic rings. The van der Waals surface area contributed by atoms with Crippen LogP contribution in [0.15, 0.2) is 60.8 Å². The number of benzene rings is 3. The Hall–Kier alpha value is -2.45. The first kappa shape index (κ1) is 13.2. The SMILES string of the molecule is OCCCc1cc2c3ccccc3c3ccccc3c2cn1. The molecule has 0 bridgehead atoms. The summed E-state index contributed by atoms with van der Waals surface area (Å²) in [6.07, 6.45) is 3.55. The van der Waals surface area contributed by atoms with Crippen molar-refractivity contribution in [2.45, 2.75) is 12.8 Å². The number of fused-ring (bicyclic) bond motifs is 6. The fraction of sp³-hybridized carbons (Fsp3) is 0.150. The molecule has 0 saturated carbocycles. The lowest BCUT2D eigenvalue weighted by atomic mass is 9.95. The summed E-state index contributed by atoms with van der Waals surface area (Å²) in [5, 5.41) is 16.5. The minimum atomic E-state index is 0.207. The van der Waals surface area contributed by atoms with Gasteiger partial charge in [0.25, 0.3) is 0 Å². The highest BCUT2D eigenvalue weighted by Crippen LogP contribution is 2.34. The zero-order chi connectivity index (χ0) is 14.9. The summed E-state index contributed by atoms with van der Waals surface area (Å²) in [6, 6.07) is 19.2. The molecule has 4 rings (SSSR count). The monoisotopic (exact) mass is 287 g/mol. The van der Waals surface area contributed by atoms with E-state index in [1.807, 2.05) is 6.20 Å². The molecular formula is C20H17NO. The molecule has 0 atom stereocenters. The second-order valence-corrected chi connectivity index (χ2v) is 5.64. The van der Waals surface area contributed by atoms with E-state index in [2.05, 4.69) is 59.6 Å². The second kappa shape index (κ2) is 5.39. The third-order valence-electron chi connectivity index (χ3n) is 4.28. The van der Waals surface area contributed by atoms with Crippen LogP contribution in [0.4, 0.5) is 0 Å². The topological polar surface area (TPSA) is 33.1 Å². The number of pyridine rings is 1. The average Bonchev–Trinajstić information content (AvgIpc) is 2.60. The van der Waals surface area contributed by atoms with Gasteiger partial charge in [0.2, 0.25) is 0 Å². The van der Waals surface area contributed by atoms with Crippen LogP contribution in [0.5, 0.6) is 0 Å². The lowest BCUT2D eigenvalue weighted by Crippen LogP contribution is -1.94. The molecule has 0 aliphatic carbocycles. The Morgan fingerprint density at radius 3 is 1.86 bits per heavy atom. The van der Waals surface area contributed by atoms with Crippen molar-refractivity contribution in [3.05, 3.63) is 66.5 Å². The number of aliphatic hydroxyl groups is 1. The smallest absolute Gasteiger partial charge is 0.0434 e. The van der Waals surface area contributed by atoms with Crippen molar-refractivity contribution < 1.29 is 5.11 Å². The Balaban J connectivity index is 2.12. The van der Waals surface area contributed by atoms with Gasteiger partial charge in [-0.15, -0.1) is 0 Å². The number of aryl methyl sites for hydroxylation is 1. The number of nitrogens with zero attached hydrogens (tertiary/aromatic N) is 1. The molecule has 0 spiro atoms. The van der Waals surface area contributed by atoms with Gasteiger partial charge in [0.15, 0.2) is 0 Å². The Morgan fingerprint density at radius 1 is 0.727 bits per heavy atom. The average molecular weight is 287 g/mol. The van der Waals surface area contributed by atoms with E-state index in [9.17, 15) is 0 Å². The Labute approximate surface area is 129 Å². The first-order chi connectivity index (χ1) is 10.9. The van der Waals surface area contributed by atoms with Crippen LogP contribution in [0.2, 0.25) is 0 Å².